The number of nitrogens with one attached hydrogen (secondary N) is 1. The normalized spacial score (nSPS) is 13.0. The molecule has 5 heteroatoms. The first-order chi connectivity index (χ1) is 16.8. The van der Waals surface area contributed by atoms with Crippen LogP contribution in [0.2, 0.25) is 0 Å². The zero-order chi connectivity index (χ0) is 25.0. The fraction of sp³-hybridized carbons (Fsp3) is 0.267. The first-order valence-corrected chi connectivity index (χ1v) is 11.9. The van der Waals surface area contributed by atoms with Gasteiger partial charge in [0.15, 0.2) is 0 Å². The Morgan fingerprint density at radius 1 is 0.971 bits per heavy atom. The standard InChI is InChI=1S/C30H31NO4/c1-5-34-29(33)17-15-20-14-16-24(30(2,3)4)25(18-20)31-28(32)19-23-21-10-6-8-12-26(21)35-27-13-9-7-11-22(23)27/h6-18,23H,5,19H2,1-4H3,(H,31,32). The van der Waals surface area contributed by atoms with E-state index in [-0.39, 0.29) is 23.7 Å². The molecule has 3 aromatic rings. The van der Waals surface area contributed by atoms with Crippen LogP contribution < -0.4 is 10.1 Å². The Hall–Kier alpha value is -3.86. The third-order valence-electron chi connectivity index (χ3n) is 6.02. The van der Waals surface area contributed by atoms with Crippen molar-refractivity contribution in [2.45, 2.75) is 45.4 Å². The highest BCUT2D eigenvalue weighted by molar-refractivity contribution is 5.93. The molecule has 1 aliphatic heterocycles. The van der Waals surface area contributed by atoms with Crippen molar-refractivity contribution < 1.29 is 19.1 Å². The first kappa shape index (κ1) is 24.3. The van der Waals surface area contributed by atoms with Gasteiger partial charge in [-0.05, 0) is 47.7 Å². The van der Waals surface area contributed by atoms with E-state index in [0.29, 0.717) is 6.61 Å². The average molecular weight is 470 g/mol. The second-order valence-electron chi connectivity index (χ2n) is 9.62. The number of carbonyl (C=O) groups excluding carboxylic acids is 2. The second kappa shape index (κ2) is 10.2. The Morgan fingerprint density at radius 2 is 1.60 bits per heavy atom. The minimum atomic E-state index is -0.394. The molecule has 0 aromatic heterocycles. The van der Waals surface area contributed by atoms with Crippen molar-refractivity contribution in [3.8, 4) is 11.5 Å². The summed E-state index contributed by atoms with van der Waals surface area (Å²) in [5.41, 5.74) is 4.40. The lowest BCUT2D eigenvalue weighted by Crippen LogP contribution is -2.22. The number of benzene rings is 3. The minimum absolute atomic E-state index is 0.0847. The van der Waals surface area contributed by atoms with Crippen molar-refractivity contribution in [3.05, 3.63) is 95.1 Å². The van der Waals surface area contributed by atoms with E-state index in [0.717, 1.165) is 39.4 Å². The van der Waals surface area contributed by atoms with Crippen molar-refractivity contribution in [1.29, 1.82) is 0 Å². The molecular weight excluding hydrogens is 438 g/mol. The van der Waals surface area contributed by atoms with Gasteiger partial charge in [0.25, 0.3) is 0 Å². The Kier molecular flexibility index (Phi) is 7.06. The van der Waals surface area contributed by atoms with Crippen LogP contribution in [0.15, 0.2) is 72.8 Å². The maximum absolute atomic E-state index is 13.4. The van der Waals surface area contributed by atoms with Gasteiger partial charge < -0.3 is 14.8 Å². The van der Waals surface area contributed by atoms with E-state index < -0.39 is 5.97 Å². The van der Waals surface area contributed by atoms with Crippen LogP contribution in [-0.4, -0.2) is 18.5 Å². The minimum Gasteiger partial charge on any atom is -0.463 e. The molecule has 1 amide bonds. The third-order valence-corrected chi connectivity index (χ3v) is 6.02. The van der Waals surface area contributed by atoms with Crippen LogP contribution in [0, 0.1) is 0 Å². The molecule has 5 nitrogen and oxygen atoms in total. The van der Waals surface area contributed by atoms with Crippen molar-refractivity contribution in [1.82, 2.24) is 0 Å². The molecule has 0 saturated carbocycles. The lowest BCUT2D eigenvalue weighted by atomic mass is 9.84. The molecule has 0 aliphatic carbocycles. The Morgan fingerprint density at radius 3 is 2.20 bits per heavy atom. The van der Waals surface area contributed by atoms with E-state index in [4.69, 9.17) is 9.47 Å². The van der Waals surface area contributed by atoms with Gasteiger partial charge in [0.1, 0.15) is 11.5 Å². The van der Waals surface area contributed by atoms with Gasteiger partial charge >= 0.3 is 5.97 Å². The molecule has 1 N–H and O–H groups in total. The summed E-state index contributed by atoms with van der Waals surface area (Å²) >= 11 is 0. The summed E-state index contributed by atoms with van der Waals surface area (Å²) in [5.74, 6) is 0.977. The average Bonchev–Trinajstić information content (AvgIpc) is 2.82. The summed E-state index contributed by atoms with van der Waals surface area (Å²) in [6.45, 7) is 8.42. The van der Waals surface area contributed by atoms with Crippen LogP contribution >= 0.6 is 0 Å². The summed E-state index contributed by atoms with van der Waals surface area (Å²) in [5, 5.41) is 3.15. The van der Waals surface area contributed by atoms with Crippen LogP contribution in [0.3, 0.4) is 0 Å². The van der Waals surface area contributed by atoms with Gasteiger partial charge in [0.05, 0.1) is 6.61 Å². The molecule has 0 unspecified atom stereocenters. The van der Waals surface area contributed by atoms with Gasteiger partial charge in [0.2, 0.25) is 5.91 Å². The number of rotatable bonds is 6. The summed E-state index contributed by atoms with van der Waals surface area (Å²) in [4.78, 5) is 25.1. The highest BCUT2D eigenvalue weighted by Gasteiger charge is 2.29. The van der Waals surface area contributed by atoms with E-state index in [1.807, 2.05) is 66.7 Å². The topological polar surface area (TPSA) is 64.6 Å². The van der Waals surface area contributed by atoms with Crippen LogP contribution in [0.5, 0.6) is 11.5 Å². The quantitative estimate of drug-likeness (QED) is 0.318. The summed E-state index contributed by atoms with van der Waals surface area (Å²) < 4.78 is 11.0. The fourth-order valence-corrected chi connectivity index (χ4v) is 4.39. The van der Waals surface area contributed by atoms with Crippen molar-refractivity contribution >= 4 is 23.6 Å². The van der Waals surface area contributed by atoms with Crippen molar-refractivity contribution in [3.63, 3.8) is 0 Å². The third kappa shape index (κ3) is 5.62. The summed E-state index contributed by atoms with van der Waals surface area (Å²) in [7, 11) is 0. The van der Waals surface area contributed by atoms with Crippen LogP contribution in [0.4, 0.5) is 5.69 Å². The molecule has 0 spiro atoms. The van der Waals surface area contributed by atoms with Crippen LogP contribution in [0.25, 0.3) is 6.08 Å². The predicted molar refractivity (Wildman–Crippen MR) is 139 cm³/mol. The maximum Gasteiger partial charge on any atom is 0.330 e. The number of carbonyl (C=O) groups is 2. The molecule has 3 aromatic carbocycles. The van der Waals surface area contributed by atoms with E-state index in [1.54, 1.807) is 13.0 Å². The first-order valence-electron chi connectivity index (χ1n) is 11.9. The molecule has 180 valence electrons. The zero-order valence-corrected chi connectivity index (χ0v) is 20.6. The molecule has 0 radical (unpaired) electrons. The lowest BCUT2D eigenvalue weighted by Gasteiger charge is -2.28. The summed E-state index contributed by atoms with van der Waals surface area (Å²) in [6, 6.07) is 21.6. The van der Waals surface area contributed by atoms with Crippen molar-refractivity contribution in [2.75, 3.05) is 11.9 Å². The highest BCUT2D eigenvalue weighted by Crippen LogP contribution is 2.45. The molecule has 1 heterocycles. The number of amides is 1. The van der Waals surface area contributed by atoms with Gasteiger partial charge in [0, 0.05) is 35.2 Å². The Balaban J connectivity index is 1.61. The number of anilines is 1. The smallest absolute Gasteiger partial charge is 0.330 e. The van der Waals surface area contributed by atoms with E-state index in [1.165, 1.54) is 6.08 Å². The van der Waals surface area contributed by atoms with E-state index in [9.17, 15) is 9.59 Å². The molecule has 4 rings (SSSR count). The Bertz CT molecular complexity index is 1220. The van der Waals surface area contributed by atoms with Gasteiger partial charge in [-0.2, -0.15) is 0 Å². The fourth-order valence-electron chi connectivity index (χ4n) is 4.39. The SMILES string of the molecule is CCOC(=O)C=Cc1ccc(C(C)(C)C)c(NC(=O)CC2c3ccccc3Oc3ccccc32)c1. The molecule has 0 saturated heterocycles. The van der Waals surface area contributed by atoms with Gasteiger partial charge in [-0.3, -0.25) is 4.79 Å². The van der Waals surface area contributed by atoms with Gasteiger partial charge in [-0.1, -0.05) is 69.3 Å². The molecule has 0 bridgehead atoms. The summed E-state index contributed by atoms with van der Waals surface area (Å²) in [6.07, 6.45) is 3.38. The zero-order valence-electron chi connectivity index (χ0n) is 20.6. The number of para-hydroxylation sites is 2. The number of ether oxygens (including phenoxy) is 2. The molecular formula is C30H31NO4. The number of fused-ring (bicyclic) bond motifs is 2. The maximum atomic E-state index is 13.4. The van der Waals surface area contributed by atoms with Gasteiger partial charge in [-0.15, -0.1) is 0 Å². The molecule has 0 fully saturated rings. The largest absolute Gasteiger partial charge is 0.463 e. The predicted octanol–water partition coefficient (Wildman–Crippen LogP) is 6.83. The van der Waals surface area contributed by atoms with Crippen LogP contribution in [-0.2, 0) is 19.7 Å². The monoisotopic (exact) mass is 469 g/mol. The van der Waals surface area contributed by atoms with E-state index in [2.05, 4.69) is 26.1 Å². The van der Waals surface area contributed by atoms with Gasteiger partial charge in [-0.25, -0.2) is 4.79 Å². The number of esters is 1. The highest BCUT2D eigenvalue weighted by atomic mass is 16.5. The molecule has 0 atom stereocenters. The van der Waals surface area contributed by atoms with Crippen LogP contribution in [0.1, 0.15) is 62.3 Å². The lowest BCUT2D eigenvalue weighted by molar-refractivity contribution is -0.137. The Labute approximate surface area is 206 Å². The second-order valence-corrected chi connectivity index (χ2v) is 9.62. The molecule has 1 aliphatic rings. The number of hydrogen-bond donors (Lipinski definition) is 1. The van der Waals surface area contributed by atoms with E-state index >= 15 is 0 Å². The number of hydrogen-bond acceptors (Lipinski definition) is 4. The van der Waals surface area contributed by atoms with Crippen molar-refractivity contribution in [2.24, 2.45) is 0 Å². The molecule has 35 heavy (non-hydrogen) atoms.